The van der Waals surface area contributed by atoms with Gasteiger partial charge in [0.2, 0.25) is 0 Å². The first-order valence-corrected chi connectivity index (χ1v) is 10.4. The summed E-state index contributed by atoms with van der Waals surface area (Å²) < 4.78 is 5.87. The number of halogens is 1. The Hall–Kier alpha value is -2.03. The standard InChI is InChI=1S/C22H28ClN3O2/c1-16(2)28-20-8-12-26(13-9-20)22(27)25-10-6-17(7-11-25)21(15-24)18-4-3-5-19(23)14-18/h3-5,14,16,20H,6-13H2,1-2H3. The smallest absolute Gasteiger partial charge is 0.320 e. The summed E-state index contributed by atoms with van der Waals surface area (Å²) >= 11 is 6.07. The molecule has 0 unspecified atom stereocenters. The highest BCUT2D eigenvalue weighted by molar-refractivity contribution is 6.30. The summed E-state index contributed by atoms with van der Waals surface area (Å²) in [5, 5.41) is 10.3. The molecule has 150 valence electrons. The normalized spacial score (nSPS) is 18.3. The number of carbonyl (C=O) groups is 1. The number of allylic oxidation sites excluding steroid dienone is 1. The number of hydrogen-bond donors (Lipinski definition) is 0. The molecule has 2 aliphatic heterocycles. The van der Waals surface area contributed by atoms with Gasteiger partial charge in [-0.1, -0.05) is 23.7 Å². The van der Waals surface area contributed by atoms with E-state index >= 15 is 0 Å². The number of piperidine rings is 2. The molecule has 2 aliphatic rings. The van der Waals surface area contributed by atoms with E-state index in [1.807, 2.05) is 28.0 Å². The lowest BCUT2D eigenvalue weighted by atomic mass is 9.94. The number of nitrogens with zero attached hydrogens (tertiary/aromatic N) is 3. The van der Waals surface area contributed by atoms with Gasteiger partial charge in [0.05, 0.1) is 23.9 Å². The van der Waals surface area contributed by atoms with Crippen LogP contribution in [0.1, 0.15) is 45.1 Å². The zero-order valence-electron chi connectivity index (χ0n) is 16.7. The molecular formula is C22H28ClN3O2. The average molecular weight is 402 g/mol. The predicted octanol–water partition coefficient (Wildman–Crippen LogP) is 4.72. The monoisotopic (exact) mass is 401 g/mol. The summed E-state index contributed by atoms with van der Waals surface area (Å²) in [4.78, 5) is 16.7. The Balaban J connectivity index is 1.58. The maximum Gasteiger partial charge on any atom is 0.320 e. The molecule has 0 radical (unpaired) electrons. The first kappa shape index (κ1) is 20.7. The van der Waals surface area contributed by atoms with E-state index < -0.39 is 0 Å². The fourth-order valence-electron chi connectivity index (χ4n) is 3.98. The molecule has 0 N–H and O–H groups in total. The van der Waals surface area contributed by atoms with Gasteiger partial charge in [-0.2, -0.15) is 5.26 Å². The van der Waals surface area contributed by atoms with E-state index in [-0.39, 0.29) is 18.2 Å². The van der Waals surface area contributed by atoms with Gasteiger partial charge in [0, 0.05) is 31.2 Å². The molecule has 0 saturated carbocycles. The molecule has 1 aromatic carbocycles. The Labute approximate surface area is 172 Å². The van der Waals surface area contributed by atoms with E-state index in [4.69, 9.17) is 16.3 Å². The Bertz CT molecular complexity index is 766. The molecule has 0 atom stereocenters. The average Bonchev–Trinajstić information content (AvgIpc) is 2.69. The molecule has 2 saturated heterocycles. The Morgan fingerprint density at radius 1 is 1.18 bits per heavy atom. The van der Waals surface area contributed by atoms with Gasteiger partial charge >= 0.3 is 6.03 Å². The van der Waals surface area contributed by atoms with E-state index in [9.17, 15) is 10.1 Å². The fraction of sp³-hybridized carbons (Fsp3) is 0.545. The molecule has 2 heterocycles. The minimum atomic E-state index is 0.114. The molecule has 2 fully saturated rings. The summed E-state index contributed by atoms with van der Waals surface area (Å²) in [5.74, 6) is 0. The van der Waals surface area contributed by atoms with Gasteiger partial charge in [0.15, 0.2) is 0 Å². The number of hydrogen-bond acceptors (Lipinski definition) is 3. The molecule has 0 aromatic heterocycles. The lowest BCUT2D eigenvalue weighted by molar-refractivity contribution is -0.0229. The lowest BCUT2D eigenvalue weighted by Crippen LogP contribution is -2.49. The SMILES string of the molecule is CC(C)OC1CCN(C(=O)N2CCC(=C(C#N)c3cccc(Cl)c3)CC2)CC1. The molecule has 28 heavy (non-hydrogen) atoms. The van der Waals surface area contributed by atoms with Gasteiger partial charge in [-0.05, 0) is 62.8 Å². The van der Waals surface area contributed by atoms with Crippen LogP contribution >= 0.6 is 11.6 Å². The first-order valence-electron chi connectivity index (χ1n) is 10.0. The zero-order valence-corrected chi connectivity index (χ0v) is 17.4. The third-order valence-electron chi connectivity index (χ3n) is 5.39. The van der Waals surface area contributed by atoms with Crippen LogP contribution in [0.3, 0.4) is 0 Å². The second-order valence-corrected chi connectivity index (χ2v) is 8.18. The van der Waals surface area contributed by atoms with Crippen molar-refractivity contribution in [1.29, 1.82) is 5.26 Å². The van der Waals surface area contributed by atoms with Crippen LogP contribution in [-0.2, 0) is 4.74 Å². The van der Waals surface area contributed by atoms with Gasteiger partial charge in [-0.25, -0.2) is 4.79 Å². The van der Waals surface area contributed by atoms with Crippen molar-refractivity contribution in [2.75, 3.05) is 26.2 Å². The van der Waals surface area contributed by atoms with Crippen molar-refractivity contribution in [3.05, 3.63) is 40.4 Å². The number of likely N-dealkylation sites (tertiary alicyclic amines) is 2. The van der Waals surface area contributed by atoms with Crippen LogP contribution in [0, 0.1) is 11.3 Å². The van der Waals surface area contributed by atoms with Crippen LogP contribution in [0.15, 0.2) is 29.8 Å². The van der Waals surface area contributed by atoms with Crippen LogP contribution in [0.25, 0.3) is 5.57 Å². The molecule has 0 aliphatic carbocycles. The summed E-state index contributed by atoms with van der Waals surface area (Å²) in [5.41, 5.74) is 2.66. The van der Waals surface area contributed by atoms with Crippen molar-refractivity contribution in [3.8, 4) is 6.07 Å². The van der Waals surface area contributed by atoms with Crippen LogP contribution in [0.5, 0.6) is 0 Å². The Kier molecular flexibility index (Phi) is 6.98. The van der Waals surface area contributed by atoms with E-state index in [2.05, 4.69) is 19.9 Å². The second kappa shape index (κ2) is 9.45. The lowest BCUT2D eigenvalue weighted by Gasteiger charge is -2.38. The van der Waals surface area contributed by atoms with Gasteiger partial charge in [0.1, 0.15) is 0 Å². The van der Waals surface area contributed by atoms with E-state index in [0.717, 1.165) is 49.9 Å². The molecule has 2 amide bonds. The fourth-order valence-corrected chi connectivity index (χ4v) is 4.17. The maximum absolute atomic E-state index is 12.9. The number of nitriles is 1. The molecular weight excluding hydrogens is 374 g/mol. The van der Waals surface area contributed by atoms with Crippen molar-refractivity contribution < 1.29 is 9.53 Å². The number of rotatable bonds is 3. The van der Waals surface area contributed by atoms with Gasteiger partial charge in [-0.15, -0.1) is 0 Å². The number of ether oxygens (including phenoxy) is 1. The van der Waals surface area contributed by atoms with Gasteiger partial charge < -0.3 is 14.5 Å². The topological polar surface area (TPSA) is 56.6 Å². The van der Waals surface area contributed by atoms with E-state index in [0.29, 0.717) is 23.7 Å². The van der Waals surface area contributed by atoms with Crippen LogP contribution < -0.4 is 0 Å². The quantitative estimate of drug-likeness (QED) is 0.688. The molecule has 0 spiro atoms. The minimum absolute atomic E-state index is 0.114. The third kappa shape index (κ3) is 5.06. The van der Waals surface area contributed by atoms with Gasteiger partial charge in [0.25, 0.3) is 0 Å². The zero-order chi connectivity index (χ0) is 20.1. The minimum Gasteiger partial charge on any atom is -0.375 e. The molecule has 0 bridgehead atoms. The van der Waals surface area contributed by atoms with E-state index in [1.165, 1.54) is 0 Å². The predicted molar refractivity (Wildman–Crippen MR) is 111 cm³/mol. The maximum atomic E-state index is 12.9. The third-order valence-corrected chi connectivity index (χ3v) is 5.63. The van der Waals surface area contributed by atoms with E-state index in [1.54, 1.807) is 6.07 Å². The Morgan fingerprint density at radius 2 is 1.82 bits per heavy atom. The summed E-state index contributed by atoms with van der Waals surface area (Å²) in [6.07, 6.45) is 3.75. The largest absolute Gasteiger partial charge is 0.375 e. The van der Waals surface area contributed by atoms with Crippen molar-refractivity contribution in [1.82, 2.24) is 9.80 Å². The molecule has 1 aromatic rings. The number of urea groups is 1. The molecule has 5 nitrogen and oxygen atoms in total. The van der Waals surface area contributed by atoms with Crippen LogP contribution in [0.4, 0.5) is 4.79 Å². The number of amides is 2. The van der Waals surface area contributed by atoms with Crippen molar-refractivity contribution in [2.24, 2.45) is 0 Å². The molecule has 6 heteroatoms. The highest BCUT2D eigenvalue weighted by atomic mass is 35.5. The molecule has 3 rings (SSSR count). The number of benzene rings is 1. The van der Waals surface area contributed by atoms with Crippen LogP contribution in [0.2, 0.25) is 5.02 Å². The van der Waals surface area contributed by atoms with Crippen molar-refractivity contribution in [2.45, 2.75) is 51.7 Å². The first-order chi connectivity index (χ1) is 13.5. The highest BCUT2D eigenvalue weighted by Gasteiger charge is 2.29. The number of carbonyl (C=O) groups excluding carboxylic acids is 1. The van der Waals surface area contributed by atoms with Crippen molar-refractivity contribution in [3.63, 3.8) is 0 Å². The summed E-state index contributed by atoms with van der Waals surface area (Å²) in [7, 11) is 0. The van der Waals surface area contributed by atoms with Crippen LogP contribution in [-0.4, -0.2) is 54.2 Å². The Morgan fingerprint density at radius 3 is 2.39 bits per heavy atom. The summed E-state index contributed by atoms with van der Waals surface area (Å²) in [6.45, 7) is 6.91. The highest BCUT2D eigenvalue weighted by Crippen LogP contribution is 2.28. The van der Waals surface area contributed by atoms with Crippen molar-refractivity contribution >= 4 is 23.2 Å². The van der Waals surface area contributed by atoms with Gasteiger partial charge in [-0.3, -0.25) is 0 Å². The summed E-state index contributed by atoms with van der Waals surface area (Å²) in [6, 6.07) is 9.86. The second-order valence-electron chi connectivity index (χ2n) is 7.74.